The quantitative estimate of drug-likeness (QED) is 0.276. The van der Waals surface area contributed by atoms with Gasteiger partial charge < -0.3 is 4.74 Å². The van der Waals surface area contributed by atoms with E-state index in [9.17, 15) is 27.2 Å². The third kappa shape index (κ3) is 2.91. The van der Waals surface area contributed by atoms with Crippen molar-refractivity contribution in [3.63, 3.8) is 0 Å². The molecule has 0 N–H and O–H groups in total. The fourth-order valence-electron chi connectivity index (χ4n) is 2.06. The number of ether oxygens (including phenoxy) is 1. The van der Waals surface area contributed by atoms with Gasteiger partial charge in [0.25, 0.3) is 0 Å². The summed E-state index contributed by atoms with van der Waals surface area (Å²) in [6, 6.07) is 0. The zero-order valence-electron chi connectivity index (χ0n) is 11.1. The normalized spacial score (nSPS) is 14.1. The molecule has 0 bridgehead atoms. The van der Waals surface area contributed by atoms with Crippen LogP contribution >= 0.6 is 0 Å². The molecular weight excluding hydrogens is 292 g/mol. The lowest BCUT2D eigenvalue weighted by Crippen LogP contribution is -2.17. The maximum atomic E-state index is 13.8. The highest BCUT2D eigenvalue weighted by Crippen LogP contribution is 2.44. The topological polar surface area (TPSA) is 43.4 Å². The van der Waals surface area contributed by atoms with Gasteiger partial charge >= 0.3 is 5.97 Å². The zero-order chi connectivity index (χ0) is 15.7. The van der Waals surface area contributed by atoms with Crippen LogP contribution < -0.4 is 0 Å². The number of hydrogen-bond donors (Lipinski definition) is 0. The first kappa shape index (κ1) is 15.5. The van der Waals surface area contributed by atoms with Crippen LogP contribution in [0.3, 0.4) is 0 Å². The molecule has 1 aliphatic rings. The molecular formula is C14H12F4O3. The van der Waals surface area contributed by atoms with Gasteiger partial charge in [-0.05, 0) is 25.7 Å². The van der Waals surface area contributed by atoms with Crippen LogP contribution in [0.2, 0.25) is 0 Å². The van der Waals surface area contributed by atoms with E-state index in [0.29, 0.717) is 12.8 Å². The third-order valence-corrected chi connectivity index (χ3v) is 3.17. The maximum absolute atomic E-state index is 13.8. The van der Waals surface area contributed by atoms with Gasteiger partial charge in [-0.15, -0.1) is 0 Å². The molecule has 0 unspecified atom stereocenters. The van der Waals surface area contributed by atoms with Crippen molar-refractivity contribution in [3.8, 4) is 0 Å². The second kappa shape index (κ2) is 5.83. The molecule has 0 saturated heterocycles. The van der Waals surface area contributed by atoms with Gasteiger partial charge in [-0.25, -0.2) is 17.6 Å². The minimum absolute atomic E-state index is 0.0274. The summed E-state index contributed by atoms with van der Waals surface area (Å²) in [4.78, 5) is 22.8. The van der Waals surface area contributed by atoms with Crippen LogP contribution in [0, 0.1) is 23.3 Å². The molecule has 0 spiro atoms. The van der Waals surface area contributed by atoms with Gasteiger partial charge in [-0.2, -0.15) is 0 Å². The highest BCUT2D eigenvalue weighted by molar-refractivity contribution is 6.06. The van der Waals surface area contributed by atoms with Gasteiger partial charge in [0.1, 0.15) is 6.42 Å². The molecule has 2 rings (SSSR count). The van der Waals surface area contributed by atoms with Gasteiger partial charge in [0, 0.05) is 5.56 Å². The average molecular weight is 304 g/mol. The van der Waals surface area contributed by atoms with E-state index >= 15 is 0 Å². The van der Waals surface area contributed by atoms with Crippen molar-refractivity contribution >= 4 is 11.8 Å². The summed E-state index contributed by atoms with van der Waals surface area (Å²) >= 11 is 0. The highest BCUT2D eigenvalue weighted by Gasteiger charge is 2.37. The van der Waals surface area contributed by atoms with Crippen molar-refractivity contribution in [1.82, 2.24) is 0 Å². The van der Waals surface area contributed by atoms with Crippen LogP contribution in [0.4, 0.5) is 17.6 Å². The number of carbonyl (C=O) groups is 2. The van der Waals surface area contributed by atoms with Crippen molar-refractivity contribution in [2.24, 2.45) is 0 Å². The Hall–Kier alpha value is -1.92. The van der Waals surface area contributed by atoms with Crippen molar-refractivity contribution < 1.29 is 31.9 Å². The van der Waals surface area contributed by atoms with E-state index < -0.39 is 58.5 Å². The molecule has 3 nitrogen and oxygen atoms in total. The minimum Gasteiger partial charge on any atom is -0.466 e. The van der Waals surface area contributed by atoms with Gasteiger partial charge in [0.2, 0.25) is 0 Å². The summed E-state index contributed by atoms with van der Waals surface area (Å²) in [5, 5.41) is 0. The van der Waals surface area contributed by atoms with Gasteiger partial charge in [0.05, 0.1) is 12.2 Å². The van der Waals surface area contributed by atoms with Crippen LogP contribution in [0.25, 0.3) is 0 Å². The Labute approximate surface area is 117 Å². The number of ketones is 1. The smallest absolute Gasteiger partial charge is 0.313 e. The van der Waals surface area contributed by atoms with Gasteiger partial charge in [0.15, 0.2) is 29.1 Å². The Morgan fingerprint density at radius 3 is 2.00 bits per heavy atom. The largest absolute Gasteiger partial charge is 0.466 e. The van der Waals surface area contributed by atoms with E-state index in [-0.39, 0.29) is 6.61 Å². The predicted octanol–water partition coefficient (Wildman–Crippen LogP) is 3.26. The molecule has 1 aliphatic carbocycles. The second-order valence-corrected chi connectivity index (χ2v) is 4.72. The lowest BCUT2D eigenvalue weighted by Gasteiger charge is -2.10. The van der Waals surface area contributed by atoms with Crippen molar-refractivity contribution in [1.29, 1.82) is 0 Å². The van der Waals surface area contributed by atoms with E-state index in [0.717, 1.165) is 0 Å². The van der Waals surface area contributed by atoms with E-state index in [4.69, 9.17) is 0 Å². The number of benzene rings is 1. The fraction of sp³-hybridized carbons (Fsp3) is 0.429. The van der Waals surface area contributed by atoms with E-state index in [2.05, 4.69) is 4.74 Å². The summed E-state index contributed by atoms with van der Waals surface area (Å²) in [5.41, 5.74) is -2.04. The highest BCUT2D eigenvalue weighted by atomic mass is 19.2. The molecule has 0 amide bonds. The van der Waals surface area contributed by atoms with Crippen molar-refractivity contribution in [2.45, 2.75) is 32.1 Å². The molecule has 1 fully saturated rings. The van der Waals surface area contributed by atoms with Crippen LogP contribution in [0.1, 0.15) is 48.0 Å². The van der Waals surface area contributed by atoms with Crippen LogP contribution in [-0.4, -0.2) is 18.4 Å². The molecule has 7 heteroatoms. The number of rotatable bonds is 5. The van der Waals surface area contributed by atoms with E-state index in [1.807, 2.05) is 0 Å². The van der Waals surface area contributed by atoms with E-state index in [1.165, 1.54) is 6.92 Å². The number of esters is 1. The summed E-state index contributed by atoms with van der Waals surface area (Å²) in [5.74, 6) is -9.59. The molecule has 114 valence electrons. The number of hydrogen-bond acceptors (Lipinski definition) is 3. The van der Waals surface area contributed by atoms with Gasteiger partial charge in [-0.3, -0.25) is 9.59 Å². The molecule has 1 aromatic carbocycles. The van der Waals surface area contributed by atoms with Crippen molar-refractivity contribution in [3.05, 3.63) is 34.4 Å². The summed E-state index contributed by atoms with van der Waals surface area (Å²) in [6.07, 6.45) is -0.116. The van der Waals surface area contributed by atoms with Crippen LogP contribution in [0.5, 0.6) is 0 Å². The maximum Gasteiger partial charge on any atom is 0.313 e. The standard InChI is InChI=1S/C14H12F4O3/c1-2-21-8(20)5-7(19)10-13(17)11(15)9(6-3-4-6)12(16)14(10)18/h6H,2-5H2,1H3. The Morgan fingerprint density at radius 1 is 1.05 bits per heavy atom. The van der Waals surface area contributed by atoms with E-state index in [1.54, 1.807) is 0 Å². The molecule has 0 heterocycles. The Bertz CT molecular complexity index is 580. The predicted molar refractivity (Wildman–Crippen MR) is 63.8 cm³/mol. The summed E-state index contributed by atoms with van der Waals surface area (Å²) < 4.78 is 59.7. The Kier molecular flexibility index (Phi) is 4.29. The first-order valence-corrected chi connectivity index (χ1v) is 6.43. The number of halogens is 4. The van der Waals surface area contributed by atoms with Crippen LogP contribution in [0.15, 0.2) is 0 Å². The van der Waals surface area contributed by atoms with Crippen LogP contribution in [-0.2, 0) is 9.53 Å². The fourth-order valence-corrected chi connectivity index (χ4v) is 2.06. The monoisotopic (exact) mass is 304 g/mol. The Morgan fingerprint density at radius 2 is 1.57 bits per heavy atom. The first-order valence-electron chi connectivity index (χ1n) is 6.43. The second-order valence-electron chi connectivity index (χ2n) is 4.72. The van der Waals surface area contributed by atoms with Crippen molar-refractivity contribution in [2.75, 3.05) is 6.61 Å². The number of carbonyl (C=O) groups excluding carboxylic acids is 2. The Balaban J connectivity index is 2.40. The SMILES string of the molecule is CCOC(=O)CC(=O)c1c(F)c(F)c(C2CC2)c(F)c1F. The lowest BCUT2D eigenvalue weighted by molar-refractivity contribution is -0.141. The number of Topliss-reactive ketones (excluding diaryl/α,β-unsaturated/α-hetero) is 1. The molecule has 0 aromatic heterocycles. The first-order chi connectivity index (χ1) is 9.88. The minimum atomic E-state index is -1.76. The summed E-state index contributed by atoms with van der Waals surface area (Å²) in [7, 11) is 0. The molecule has 0 radical (unpaired) electrons. The molecule has 1 aromatic rings. The molecule has 0 aliphatic heterocycles. The molecule has 1 saturated carbocycles. The average Bonchev–Trinajstić information content (AvgIpc) is 3.21. The zero-order valence-corrected chi connectivity index (χ0v) is 11.1. The molecule has 0 atom stereocenters. The summed E-state index contributed by atoms with van der Waals surface area (Å²) in [6.45, 7) is 1.45. The molecule has 21 heavy (non-hydrogen) atoms. The third-order valence-electron chi connectivity index (χ3n) is 3.17. The lowest BCUT2D eigenvalue weighted by atomic mass is 10.0. The van der Waals surface area contributed by atoms with Gasteiger partial charge in [-0.1, -0.05) is 0 Å².